The molecule has 1 saturated heterocycles. The van der Waals surface area contributed by atoms with Gasteiger partial charge in [0.15, 0.2) is 11.8 Å². The van der Waals surface area contributed by atoms with E-state index < -0.39 is 0 Å². The van der Waals surface area contributed by atoms with Crippen molar-refractivity contribution in [2.75, 3.05) is 25.9 Å². The quantitative estimate of drug-likeness (QED) is 0.481. The number of benzene rings is 1. The lowest BCUT2D eigenvalue weighted by Crippen LogP contribution is -2.40. The van der Waals surface area contributed by atoms with Gasteiger partial charge in [-0.3, -0.25) is 4.99 Å². The highest BCUT2D eigenvalue weighted by Gasteiger charge is 2.26. The highest BCUT2D eigenvalue weighted by molar-refractivity contribution is 7.99. The van der Waals surface area contributed by atoms with Crippen molar-refractivity contribution in [3.63, 3.8) is 0 Å². The number of rotatable bonds is 5. The summed E-state index contributed by atoms with van der Waals surface area (Å²) in [6.45, 7) is 8.77. The Balaban J connectivity index is 1.47. The largest absolute Gasteiger partial charge is 0.349 e. The molecule has 6 nitrogen and oxygen atoms in total. The summed E-state index contributed by atoms with van der Waals surface area (Å²) in [5.74, 6) is 4.04. The lowest BCUT2D eigenvalue weighted by atomic mass is 9.97. The zero-order valence-electron chi connectivity index (χ0n) is 16.6. The first-order valence-corrected chi connectivity index (χ1v) is 10.4. The zero-order chi connectivity index (χ0) is 19.3. The van der Waals surface area contributed by atoms with Crippen LogP contribution in [0, 0.1) is 5.92 Å². The Kier molecular flexibility index (Phi) is 6.42. The van der Waals surface area contributed by atoms with Gasteiger partial charge in [0.05, 0.1) is 6.54 Å². The third-order valence-electron chi connectivity index (χ3n) is 4.54. The zero-order valence-corrected chi connectivity index (χ0v) is 17.4. The van der Waals surface area contributed by atoms with Gasteiger partial charge in [-0.2, -0.15) is 4.98 Å². The van der Waals surface area contributed by atoms with E-state index in [-0.39, 0.29) is 5.41 Å². The summed E-state index contributed by atoms with van der Waals surface area (Å²) in [6, 6.07) is 10.6. The Morgan fingerprint density at radius 1 is 1.33 bits per heavy atom. The smallest absolute Gasteiger partial charge is 0.232 e. The van der Waals surface area contributed by atoms with Crippen molar-refractivity contribution in [2.45, 2.75) is 44.0 Å². The topological polar surface area (TPSA) is 66.5 Å². The van der Waals surface area contributed by atoms with E-state index in [1.54, 1.807) is 0 Å². The molecule has 27 heavy (non-hydrogen) atoms. The normalized spacial score (nSPS) is 18.1. The van der Waals surface area contributed by atoms with Crippen LogP contribution in [0.1, 0.15) is 38.9 Å². The Hall–Kier alpha value is -2.02. The van der Waals surface area contributed by atoms with Gasteiger partial charge in [-0.05, 0) is 24.5 Å². The standard InChI is InChI=1S/C20H29N5OS/c1-20(2,3)18-23-17(24-26-18)12-22-19(21-4)25-11-10-15(13-25)14-27-16-8-6-5-7-9-16/h5-9,15H,10-14H2,1-4H3,(H,21,22). The predicted molar refractivity (Wildman–Crippen MR) is 110 cm³/mol. The van der Waals surface area contributed by atoms with Crippen molar-refractivity contribution in [1.82, 2.24) is 20.4 Å². The third kappa shape index (κ3) is 5.48. The molecular weight excluding hydrogens is 358 g/mol. The fourth-order valence-corrected chi connectivity index (χ4v) is 4.06. The van der Waals surface area contributed by atoms with E-state index in [1.165, 1.54) is 11.3 Å². The van der Waals surface area contributed by atoms with Crippen molar-refractivity contribution in [3.05, 3.63) is 42.0 Å². The van der Waals surface area contributed by atoms with Crippen molar-refractivity contribution in [2.24, 2.45) is 10.9 Å². The van der Waals surface area contributed by atoms with Crippen LogP contribution in [0.25, 0.3) is 0 Å². The molecule has 7 heteroatoms. The number of nitrogens with zero attached hydrogens (tertiary/aromatic N) is 4. The highest BCUT2D eigenvalue weighted by Crippen LogP contribution is 2.26. The van der Waals surface area contributed by atoms with Gasteiger partial charge < -0.3 is 14.7 Å². The molecule has 146 valence electrons. The minimum absolute atomic E-state index is 0.133. The number of thioether (sulfide) groups is 1. The summed E-state index contributed by atoms with van der Waals surface area (Å²) in [4.78, 5) is 12.6. The molecule has 0 amide bonds. The van der Waals surface area contributed by atoms with Gasteiger partial charge in [0.25, 0.3) is 0 Å². The average molecular weight is 388 g/mol. The van der Waals surface area contributed by atoms with Crippen molar-refractivity contribution < 1.29 is 4.52 Å². The average Bonchev–Trinajstić information content (AvgIpc) is 3.31. The third-order valence-corrected chi connectivity index (χ3v) is 5.78. The van der Waals surface area contributed by atoms with Crippen LogP contribution in [-0.4, -0.2) is 46.9 Å². The molecule has 1 aromatic heterocycles. The number of hydrogen-bond acceptors (Lipinski definition) is 5. The van der Waals surface area contributed by atoms with Gasteiger partial charge in [0, 0.05) is 36.2 Å². The molecule has 2 aromatic rings. The second kappa shape index (κ2) is 8.78. The number of hydrogen-bond donors (Lipinski definition) is 1. The first kappa shape index (κ1) is 19.7. The molecule has 0 spiro atoms. The Morgan fingerprint density at radius 3 is 2.78 bits per heavy atom. The summed E-state index contributed by atoms with van der Waals surface area (Å²) in [7, 11) is 1.82. The molecule has 1 aliphatic rings. The molecule has 3 rings (SSSR count). The molecule has 1 aromatic carbocycles. The van der Waals surface area contributed by atoms with Crippen LogP contribution in [0.15, 0.2) is 44.7 Å². The SMILES string of the molecule is CN=C(NCc1noc(C(C)(C)C)n1)N1CCC(CSc2ccccc2)C1. The number of aliphatic imine (C=N–C) groups is 1. The first-order chi connectivity index (χ1) is 13.0. The second-order valence-corrected chi connectivity index (χ2v) is 8.98. The molecule has 0 saturated carbocycles. The summed E-state index contributed by atoms with van der Waals surface area (Å²) in [5, 5.41) is 7.44. The molecule has 0 radical (unpaired) electrons. The van der Waals surface area contributed by atoms with Crippen LogP contribution in [-0.2, 0) is 12.0 Å². The highest BCUT2D eigenvalue weighted by atomic mass is 32.2. The fourth-order valence-electron chi connectivity index (χ4n) is 3.01. The molecular formula is C20H29N5OS. The predicted octanol–water partition coefficient (Wildman–Crippen LogP) is 3.56. The van der Waals surface area contributed by atoms with Crippen LogP contribution in [0.2, 0.25) is 0 Å². The minimum Gasteiger partial charge on any atom is -0.349 e. The number of nitrogens with one attached hydrogen (secondary N) is 1. The Morgan fingerprint density at radius 2 is 2.11 bits per heavy atom. The van der Waals surface area contributed by atoms with Crippen molar-refractivity contribution >= 4 is 17.7 Å². The van der Waals surface area contributed by atoms with Gasteiger partial charge in [0.2, 0.25) is 5.89 Å². The lowest BCUT2D eigenvalue weighted by molar-refractivity contribution is 0.318. The van der Waals surface area contributed by atoms with E-state index in [0.717, 1.165) is 24.8 Å². The van der Waals surface area contributed by atoms with E-state index in [4.69, 9.17) is 4.52 Å². The Labute approximate surface area is 165 Å². The van der Waals surface area contributed by atoms with E-state index >= 15 is 0 Å². The summed E-state index contributed by atoms with van der Waals surface area (Å²) >= 11 is 1.93. The van der Waals surface area contributed by atoms with Gasteiger partial charge in [-0.15, -0.1) is 11.8 Å². The maximum atomic E-state index is 5.35. The van der Waals surface area contributed by atoms with Gasteiger partial charge in [0.1, 0.15) is 0 Å². The number of aromatic nitrogens is 2. The molecule has 1 aliphatic heterocycles. The van der Waals surface area contributed by atoms with Crippen LogP contribution in [0.5, 0.6) is 0 Å². The summed E-state index contributed by atoms with van der Waals surface area (Å²) in [6.07, 6.45) is 1.19. The maximum absolute atomic E-state index is 5.35. The molecule has 0 bridgehead atoms. The van der Waals surface area contributed by atoms with E-state index in [1.807, 2.05) is 18.8 Å². The van der Waals surface area contributed by atoms with Crippen LogP contribution < -0.4 is 5.32 Å². The monoisotopic (exact) mass is 387 g/mol. The van der Waals surface area contributed by atoms with E-state index in [0.29, 0.717) is 24.2 Å². The van der Waals surface area contributed by atoms with Gasteiger partial charge in [-0.1, -0.05) is 44.1 Å². The van der Waals surface area contributed by atoms with E-state index in [9.17, 15) is 0 Å². The Bertz CT molecular complexity index is 753. The number of guanidine groups is 1. The van der Waals surface area contributed by atoms with Crippen molar-refractivity contribution in [1.29, 1.82) is 0 Å². The first-order valence-electron chi connectivity index (χ1n) is 9.42. The number of likely N-dealkylation sites (tertiary alicyclic amines) is 1. The van der Waals surface area contributed by atoms with Gasteiger partial charge in [-0.25, -0.2) is 0 Å². The molecule has 1 unspecified atom stereocenters. The molecule has 1 N–H and O–H groups in total. The van der Waals surface area contributed by atoms with E-state index in [2.05, 4.69) is 76.5 Å². The van der Waals surface area contributed by atoms with Crippen LogP contribution in [0.4, 0.5) is 0 Å². The summed E-state index contributed by atoms with van der Waals surface area (Å²) in [5.41, 5.74) is -0.133. The van der Waals surface area contributed by atoms with Crippen LogP contribution >= 0.6 is 11.8 Å². The van der Waals surface area contributed by atoms with Crippen LogP contribution in [0.3, 0.4) is 0 Å². The maximum Gasteiger partial charge on any atom is 0.232 e. The lowest BCUT2D eigenvalue weighted by Gasteiger charge is -2.21. The summed E-state index contributed by atoms with van der Waals surface area (Å²) < 4.78 is 5.35. The fraction of sp³-hybridized carbons (Fsp3) is 0.550. The van der Waals surface area contributed by atoms with Gasteiger partial charge >= 0.3 is 0 Å². The molecule has 1 fully saturated rings. The molecule has 2 heterocycles. The molecule has 1 atom stereocenters. The second-order valence-electron chi connectivity index (χ2n) is 7.89. The minimum atomic E-state index is -0.133. The van der Waals surface area contributed by atoms with Crippen molar-refractivity contribution in [3.8, 4) is 0 Å². The molecule has 0 aliphatic carbocycles.